The van der Waals surface area contributed by atoms with Crippen LogP contribution in [0.5, 0.6) is 0 Å². The quantitative estimate of drug-likeness (QED) is 0.700. The molecule has 1 N–H and O–H groups in total. The first-order valence-corrected chi connectivity index (χ1v) is 6.63. The average Bonchev–Trinajstić information content (AvgIpc) is 2.32. The molecule has 0 spiro atoms. The van der Waals surface area contributed by atoms with E-state index in [1.165, 1.54) is 24.0 Å². The van der Waals surface area contributed by atoms with Crippen LogP contribution in [-0.4, -0.2) is 30.2 Å². The topological polar surface area (TPSA) is 23.5 Å². The van der Waals surface area contributed by atoms with Crippen molar-refractivity contribution in [2.75, 3.05) is 20.2 Å². The van der Waals surface area contributed by atoms with Gasteiger partial charge in [-0.1, -0.05) is 37.6 Å². The second-order valence-corrected chi connectivity index (χ2v) is 4.73. The summed E-state index contributed by atoms with van der Waals surface area (Å²) in [4.78, 5) is 2.31. The molecule has 0 saturated carbocycles. The summed E-state index contributed by atoms with van der Waals surface area (Å²) in [6, 6.07) is 8.93. The van der Waals surface area contributed by atoms with Gasteiger partial charge in [-0.2, -0.15) is 0 Å². The van der Waals surface area contributed by atoms with Gasteiger partial charge in [0.05, 0.1) is 0 Å². The highest BCUT2D eigenvalue weighted by Crippen LogP contribution is 2.09. The lowest BCUT2D eigenvalue weighted by Gasteiger charge is -2.16. The molecule has 0 aliphatic heterocycles. The van der Waals surface area contributed by atoms with Crippen molar-refractivity contribution in [1.29, 1.82) is 0 Å². The van der Waals surface area contributed by atoms with Crippen LogP contribution in [0.4, 0.5) is 0 Å². The summed E-state index contributed by atoms with van der Waals surface area (Å²) in [5, 5.41) is 8.73. The van der Waals surface area contributed by atoms with Gasteiger partial charge in [-0.05, 0) is 44.0 Å². The van der Waals surface area contributed by atoms with Gasteiger partial charge < -0.3 is 10.0 Å². The van der Waals surface area contributed by atoms with Crippen LogP contribution in [-0.2, 0) is 13.0 Å². The highest BCUT2D eigenvalue weighted by atomic mass is 16.2. The highest BCUT2D eigenvalue weighted by Gasteiger charge is 2.00. The van der Waals surface area contributed by atoms with Crippen molar-refractivity contribution < 1.29 is 5.11 Å². The van der Waals surface area contributed by atoms with Gasteiger partial charge in [0.15, 0.2) is 0 Å². The van der Waals surface area contributed by atoms with E-state index in [2.05, 4.69) is 43.1 Å². The largest absolute Gasteiger partial charge is 0.396 e. The number of aliphatic hydroxyl groups excluding tert-OH is 1. The Morgan fingerprint density at radius 2 is 1.71 bits per heavy atom. The van der Waals surface area contributed by atoms with E-state index < -0.39 is 0 Å². The molecule has 0 amide bonds. The van der Waals surface area contributed by atoms with Gasteiger partial charge >= 0.3 is 0 Å². The summed E-state index contributed by atoms with van der Waals surface area (Å²) in [7, 11) is 2.14. The van der Waals surface area contributed by atoms with Crippen LogP contribution in [0.1, 0.15) is 37.3 Å². The number of aryl methyl sites for hydroxylation is 1. The van der Waals surface area contributed by atoms with Crippen LogP contribution in [0.3, 0.4) is 0 Å². The van der Waals surface area contributed by atoms with Gasteiger partial charge in [0.2, 0.25) is 0 Å². The standard InChI is InChI=1S/C15H25NO/c1-3-6-14-7-9-15(10-8-14)13-16(2)11-4-5-12-17/h7-10,17H,3-6,11-13H2,1-2H3. The van der Waals surface area contributed by atoms with Crippen LogP contribution in [0, 0.1) is 0 Å². The molecule has 0 saturated heterocycles. The molecule has 0 aliphatic carbocycles. The third kappa shape index (κ3) is 5.85. The Bertz CT molecular complexity index is 294. The van der Waals surface area contributed by atoms with Crippen molar-refractivity contribution in [3.05, 3.63) is 35.4 Å². The number of nitrogens with zero attached hydrogens (tertiary/aromatic N) is 1. The molecular formula is C15H25NO. The molecule has 0 aliphatic rings. The van der Waals surface area contributed by atoms with Gasteiger partial charge in [0.25, 0.3) is 0 Å². The number of benzene rings is 1. The van der Waals surface area contributed by atoms with E-state index >= 15 is 0 Å². The fraction of sp³-hybridized carbons (Fsp3) is 0.600. The molecule has 1 aromatic carbocycles. The second-order valence-electron chi connectivity index (χ2n) is 4.73. The number of hydrogen-bond donors (Lipinski definition) is 1. The molecule has 0 heterocycles. The Hall–Kier alpha value is -0.860. The Labute approximate surface area is 105 Å². The van der Waals surface area contributed by atoms with Crippen LogP contribution >= 0.6 is 0 Å². The van der Waals surface area contributed by atoms with E-state index in [0.29, 0.717) is 6.61 Å². The molecule has 96 valence electrons. The van der Waals surface area contributed by atoms with Crippen molar-refractivity contribution in [2.24, 2.45) is 0 Å². The van der Waals surface area contributed by atoms with Crippen LogP contribution in [0.25, 0.3) is 0 Å². The summed E-state index contributed by atoms with van der Waals surface area (Å²) in [6.45, 7) is 4.57. The Morgan fingerprint density at radius 1 is 1.06 bits per heavy atom. The van der Waals surface area contributed by atoms with Gasteiger partial charge in [-0.25, -0.2) is 0 Å². The minimum atomic E-state index is 0.305. The lowest BCUT2D eigenvalue weighted by Crippen LogP contribution is -2.19. The number of unbranched alkanes of at least 4 members (excludes halogenated alkanes) is 1. The zero-order valence-electron chi connectivity index (χ0n) is 11.2. The van der Waals surface area contributed by atoms with Crippen LogP contribution in [0.15, 0.2) is 24.3 Å². The van der Waals surface area contributed by atoms with Gasteiger partial charge in [-0.15, -0.1) is 0 Å². The van der Waals surface area contributed by atoms with E-state index in [9.17, 15) is 0 Å². The molecule has 1 aromatic rings. The molecule has 0 aromatic heterocycles. The number of rotatable bonds is 8. The molecule has 0 fully saturated rings. The fourth-order valence-corrected chi connectivity index (χ4v) is 1.98. The van der Waals surface area contributed by atoms with Gasteiger partial charge in [0.1, 0.15) is 0 Å². The first-order chi connectivity index (χ1) is 8.26. The Kier molecular flexibility index (Phi) is 6.90. The summed E-state index contributed by atoms with van der Waals surface area (Å²) in [5.41, 5.74) is 2.80. The third-order valence-corrected chi connectivity index (χ3v) is 2.96. The number of hydrogen-bond acceptors (Lipinski definition) is 2. The normalized spacial score (nSPS) is 11.1. The van der Waals surface area contributed by atoms with Crippen LogP contribution in [0.2, 0.25) is 0 Å². The molecule has 0 radical (unpaired) electrons. The smallest absolute Gasteiger partial charge is 0.0431 e. The fourth-order valence-electron chi connectivity index (χ4n) is 1.98. The Morgan fingerprint density at radius 3 is 2.29 bits per heavy atom. The summed E-state index contributed by atoms with van der Waals surface area (Å²) in [6.07, 6.45) is 4.35. The number of aliphatic hydroxyl groups is 1. The van der Waals surface area contributed by atoms with Gasteiger partial charge in [-0.3, -0.25) is 0 Å². The van der Waals surface area contributed by atoms with Crippen LogP contribution < -0.4 is 0 Å². The third-order valence-electron chi connectivity index (χ3n) is 2.96. The summed E-state index contributed by atoms with van der Waals surface area (Å²) < 4.78 is 0. The second kappa shape index (κ2) is 8.26. The molecule has 1 rings (SSSR count). The first kappa shape index (κ1) is 14.2. The predicted molar refractivity (Wildman–Crippen MR) is 73.1 cm³/mol. The molecule has 0 unspecified atom stereocenters. The molecule has 0 bridgehead atoms. The molecule has 17 heavy (non-hydrogen) atoms. The van der Waals surface area contributed by atoms with E-state index in [1.807, 2.05) is 0 Å². The highest BCUT2D eigenvalue weighted by molar-refractivity contribution is 5.22. The van der Waals surface area contributed by atoms with Gasteiger partial charge in [0, 0.05) is 13.2 Å². The molecule has 2 heteroatoms. The monoisotopic (exact) mass is 235 g/mol. The van der Waals surface area contributed by atoms with E-state index in [-0.39, 0.29) is 0 Å². The zero-order valence-corrected chi connectivity index (χ0v) is 11.2. The molecular weight excluding hydrogens is 210 g/mol. The first-order valence-electron chi connectivity index (χ1n) is 6.63. The minimum absolute atomic E-state index is 0.305. The SMILES string of the molecule is CCCc1ccc(CN(C)CCCCO)cc1. The summed E-state index contributed by atoms with van der Waals surface area (Å²) >= 11 is 0. The van der Waals surface area contributed by atoms with Crippen molar-refractivity contribution in [2.45, 2.75) is 39.2 Å². The minimum Gasteiger partial charge on any atom is -0.396 e. The van der Waals surface area contributed by atoms with E-state index in [1.54, 1.807) is 0 Å². The Balaban J connectivity index is 2.34. The van der Waals surface area contributed by atoms with Crippen molar-refractivity contribution in [3.8, 4) is 0 Å². The van der Waals surface area contributed by atoms with E-state index in [4.69, 9.17) is 5.11 Å². The zero-order chi connectivity index (χ0) is 12.5. The lowest BCUT2D eigenvalue weighted by atomic mass is 10.1. The maximum atomic E-state index is 8.73. The van der Waals surface area contributed by atoms with Crippen molar-refractivity contribution in [3.63, 3.8) is 0 Å². The van der Waals surface area contributed by atoms with E-state index in [0.717, 1.165) is 25.9 Å². The maximum absolute atomic E-state index is 8.73. The molecule has 2 nitrogen and oxygen atoms in total. The van der Waals surface area contributed by atoms with Crippen molar-refractivity contribution >= 4 is 0 Å². The maximum Gasteiger partial charge on any atom is 0.0431 e. The van der Waals surface area contributed by atoms with Crippen molar-refractivity contribution in [1.82, 2.24) is 4.90 Å². The summed E-state index contributed by atoms with van der Waals surface area (Å²) in [5.74, 6) is 0. The predicted octanol–water partition coefficient (Wildman–Crippen LogP) is 2.84. The molecule has 0 atom stereocenters. The lowest BCUT2D eigenvalue weighted by molar-refractivity contribution is 0.261. The average molecular weight is 235 g/mol.